The maximum Gasteiger partial charge on any atom is 0.233 e. The normalized spacial score (nSPS) is 27.9. The zero-order chi connectivity index (χ0) is 18.8. The summed E-state index contributed by atoms with van der Waals surface area (Å²) >= 11 is 0. The van der Waals surface area contributed by atoms with Crippen molar-refractivity contribution in [1.29, 1.82) is 0 Å². The first-order valence-corrected chi connectivity index (χ1v) is 9.77. The number of amides is 2. The zero-order valence-electron chi connectivity index (χ0n) is 16.0. The fraction of sp³-hybridized carbons (Fsp3) is 0.550. The smallest absolute Gasteiger partial charge is 0.233 e. The van der Waals surface area contributed by atoms with Gasteiger partial charge in [0.2, 0.25) is 11.8 Å². The van der Waals surface area contributed by atoms with E-state index in [0.29, 0.717) is 25.6 Å². The second-order valence-corrected chi connectivity index (χ2v) is 7.34. The summed E-state index contributed by atoms with van der Waals surface area (Å²) in [5, 5.41) is 6.40. The summed E-state index contributed by atoms with van der Waals surface area (Å²) in [5.41, 5.74) is 0. The molecule has 8 heteroatoms. The molecule has 2 amide bonds. The Balaban J connectivity index is 0.00000225. The fourth-order valence-corrected chi connectivity index (χ4v) is 4.55. The number of furan rings is 1. The summed E-state index contributed by atoms with van der Waals surface area (Å²) in [6.07, 6.45) is 7.59. The molecule has 2 bridgehead atoms. The first-order chi connectivity index (χ1) is 13.2. The van der Waals surface area contributed by atoms with E-state index in [2.05, 4.69) is 27.8 Å². The van der Waals surface area contributed by atoms with Crippen LogP contribution >= 0.6 is 24.0 Å². The highest BCUT2D eigenvalue weighted by Crippen LogP contribution is 2.52. The number of nitrogens with zero attached hydrogens (tertiary/aromatic N) is 2. The summed E-state index contributed by atoms with van der Waals surface area (Å²) in [5.74, 6) is 1.87. The van der Waals surface area contributed by atoms with Crippen LogP contribution in [0.3, 0.4) is 0 Å². The number of rotatable bonds is 7. The third-order valence-electron chi connectivity index (χ3n) is 5.74. The number of aliphatic imine (C=N–C) groups is 1. The van der Waals surface area contributed by atoms with Crippen LogP contribution in [0, 0.1) is 23.7 Å². The zero-order valence-corrected chi connectivity index (χ0v) is 18.3. The number of imide groups is 1. The average Bonchev–Trinajstić information content (AvgIpc) is 3.43. The molecule has 1 aromatic rings. The van der Waals surface area contributed by atoms with Crippen LogP contribution < -0.4 is 10.6 Å². The Morgan fingerprint density at radius 1 is 1.21 bits per heavy atom. The Hall–Kier alpha value is -1.84. The van der Waals surface area contributed by atoms with Crippen molar-refractivity contribution in [2.75, 3.05) is 26.2 Å². The van der Waals surface area contributed by atoms with Crippen molar-refractivity contribution in [2.24, 2.45) is 28.7 Å². The maximum absolute atomic E-state index is 12.7. The largest absolute Gasteiger partial charge is 0.469 e. The van der Waals surface area contributed by atoms with Crippen molar-refractivity contribution in [1.82, 2.24) is 15.5 Å². The number of halogens is 1. The third-order valence-corrected chi connectivity index (χ3v) is 5.74. The number of hydrogen-bond donors (Lipinski definition) is 2. The lowest BCUT2D eigenvalue weighted by Gasteiger charge is -2.18. The molecule has 3 aliphatic rings. The molecule has 1 saturated carbocycles. The molecule has 4 rings (SSSR count). The Bertz CT molecular complexity index is 732. The maximum atomic E-state index is 12.7. The van der Waals surface area contributed by atoms with Gasteiger partial charge in [-0.2, -0.15) is 0 Å². The molecule has 152 valence electrons. The van der Waals surface area contributed by atoms with E-state index in [4.69, 9.17) is 4.42 Å². The number of likely N-dealkylation sites (tertiary alicyclic amines) is 1. The first-order valence-electron chi connectivity index (χ1n) is 9.77. The molecule has 1 saturated heterocycles. The summed E-state index contributed by atoms with van der Waals surface area (Å²) in [6, 6.07) is 3.79. The molecule has 2 aliphatic carbocycles. The van der Waals surface area contributed by atoms with Crippen molar-refractivity contribution in [3.8, 4) is 0 Å². The van der Waals surface area contributed by atoms with Gasteiger partial charge >= 0.3 is 0 Å². The van der Waals surface area contributed by atoms with Crippen LogP contribution in [0.2, 0.25) is 0 Å². The van der Waals surface area contributed by atoms with Crippen molar-refractivity contribution >= 4 is 41.8 Å². The van der Waals surface area contributed by atoms with Gasteiger partial charge in [0, 0.05) is 32.6 Å². The molecule has 28 heavy (non-hydrogen) atoms. The van der Waals surface area contributed by atoms with Gasteiger partial charge in [0.15, 0.2) is 5.96 Å². The summed E-state index contributed by atoms with van der Waals surface area (Å²) in [6.45, 7) is 4.22. The second-order valence-electron chi connectivity index (χ2n) is 7.34. The van der Waals surface area contributed by atoms with E-state index in [0.717, 1.165) is 25.1 Å². The quantitative estimate of drug-likeness (QED) is 0.197. The van der Waals surface area contributed by atoms with Crippen molar-refractivity contribution in [2.45, 2.75) is 19.8 Å². The SMILES string of the molecule is CCNC(=NCCc1ccco1)NCCN1C(=O)C2C3C=CC(C3)C2C1=O.I. The average molecular weight is 498 g/mol. The molecular formula is C20H27IN4O3. The molecule has 1 aliphatic heterocycles. The molecule has 1 aromatic heterocycles. The van der Waals surface area contributed by atoms with Crippen LogP contribution in [0.15, 0.2) is 40.0 Å². The Labute approximate surface area is 182 Å². The van der Waals surface area contributed by atoms with Crippen LogP contribution in [0.4, 0.5) is 0 Å². The monoisotopic (exact) mass is 498 g/mol. The lowest BCUT2D eigenvalue weighted by molar-refractivity contribution is -0.140. The van der Waals surface area contributed by atoms with Gasteiger partial charge in [0.1, 0.15) is 5.76 Å². The number of guanidine groups is 1. The molecule has 0 aromatic carbocycles. The standard InChI is InChI=1S/C20H26N4O3.HI/c1-2-21-20(22-8-7-15-4-3-11-27-15)23-9-10-24-18(25)16-13-5-6-14(12-13)17(16)19(24)26;/h3-6,11,13-14,16-17H,2,7-10,12H2,1H3,(H2,21,22,23);1H. The Morgan fingerprint density at radius 3 is 2.54 bits per heavy atom. The van der Waals surface area contributed by atoms with Gasteiger partial charge in [-0.3, -0.25) is 19.5 Å². The van der Waals surface area contributed by atoms with Crippen LogP contribution in [0.25, 0.3) is 0 Å². The molecule has 2 heterocycles. The highest BCUT2D eigenvalue weighted by molar-refractivity contribution is 14.0. The van der Waals surface area contributed by atoms with Crippen LogP contribution in [0.5, 0.6) is 0 Å². The van der Waals surface area contributed by atoms with Gasteiger partial charge in [-0.05, 0) is 37.3 Å². The lowest BCUT2D eigenvalue weighted by Crippen LogP contribution is -2.43. The van der Waals surface area contributed by atoms with Gasteiger partial charge in [-0.1, -0.05) is 12.2 Å². The summed E-state index contributed by atoms with van der Waals surface area (Å²) in [7, 11) is 0. The van der Waals surface area contributed by atoms with E-state index in [1.165, 1.54) is 4.90 Å². The molecule has 4 unspecified atom stereocenters. The summed E-state index contributed by atoms with van der Waals surface area (Å²) < 4.78 is 5.31. The first kappa shape index (κ1) is 20.9. The molecule has 4 atom stereocenters. The van der Waals surface area contributed by atoms with E-state index in [1.54, 1.807) is 6.26 Å². The van der Waals surface area contributed by atoms with Crippen molar-refractivity contribution in [3.63, 3.8) is 0 Å². The van der Waals surface area contributed by atoms with E-state index in [1.807, 2.05) is 19.1 Å². The molecule has 0 spiro atoms. The van der Waals surface area contributed by atoms with E-state index in [9.17, 15) is 9.59 Å². The number of hydrogen-bond acceptors (Lipinski definition) is 4. The number of carbonyl (C=O) groups is 2. The minimum absolute atomic E-state index is 0. The molecule has 2 N–H and O–H groups in total. The van der Waals surface area contributed by atoms with E-state index < -0.39 is 0 Å². The molecule has 2 fully saturated rings. The van der Waals surface area contributed by atoms with Gasteiger partial charge in [0.25, 0.3) is 0 Å². The second kappa shape index (κ2) is 9.11. The van der Waals surface area contributed by atoms with Crippen LogP contribution in [-0.2, 0) is 16.0 Å². The minimum Gasteiger partial charge on any atom is -0.469 e. The molecular weight excluding hydrogens is 471 g/mol. The predicted octanol–water partition coefficient (Wildman–Crippen LogP) is 1.80. The van der Waals surface area contributed by atoms with Gasteiger partial charge in [-0.15, -0.1) is 24.0 Å². The van der Waals surface area contributed by atoms with Crippen LogP contribution in [-0.4, -0.2) is 48.9 Å². The minimum atomic E-state index is -0.122. The number of nitrogens with one attached hydrogen (secondary N) is 2. The highest BCUT2D eigenvalue weighted by atomic mass is 127. The molecule has 7 nitrogen and oxygen atoms in total. The van der Waals surface area contributed by atoms with Crippen LogP contribution in [0.1, 0.15) is 19.1 Å². The third kappa shape index (κ3) is 3.97. The predicted molar refractivity (Wildman–Crippen MR) is 116 cm³/mol. The summed E-state index contributed by atoms with van der Waals surface area (Å²) in [4.78, 5) is 31.3. The lowest BCUT2D eigenvalue weighted by atomic mass is 9.85. The fourth-order valence-electron chi connectivity index (χ4n) is 4.55. The Morgan fingerprint density at radius 2 is 1.93 bits per heavy atom. The van der Waals surface area contributed by atoms with Gasteiger partial charge < -0.3 is 15.1 Å². The van der Waals surface area contributed by atoms with E-state index >= 15 is 0 Å². The number of carbonyl (C=O) groups excluding carboxylic acids is 2. The van der Waals surface area contributed by atoms with Crippen molar-refractivity contribution in [3.05, 3.63) is 36.3 Å². The topological polar surface area (TPSA) is 86.9 Å². The van der Waals surface area contributed by atoms with Gasteiger partial charge in [-0.25, -0.2) is 0 Å². The van der Waals surface area contributed by atoms with Crippen molar-refractivity contribution < 1.29 is 14.0 Å². The number of allylic oxidation sites excluding steroid dienone is 2. The molecule has 0 radical (unpaired) electrons. The van der Waals surface area contributed by atoms with Gasteiger partial charge in [0.05, 0.1) is 18.1 Å². The Kier molecular flexibility index (Phi) is 6.79. The van der Waals surface area contributed by atoms with E-state index in [-0.39, 0.29) is 59.5 Å². The highest BCUT2D eigenvalue weighted by Gasteiger charge is 2.58. The number of fused-ring (bicyclic) bond motifs is 5.